The third kappa shape index (κ3) is 2.95. The summed E-state index contributed by atoms with van der Waals surface area (Å²) in [5, 5.41) is 12.4. The third-order valence-corrected chi connectivity index (χ3v) is 2.95. The van der Waals surface area contributed by atoms with E-state index in [9.17, 15) is 0 Å². The first kappa shape index (κ1) is 11.4. The molecule has 1 heterocycles. The molecule has 0 bridgehead atoms. The Balaban J connectivity index is 1.91. The molecule has 16 heavy (non-hydrogen) atoms. The highest BCUT2D eigenvalue weighted by Crippen LogP contribution is 2.10. The standard InChI is InChI=1S/C12H19N3O/c13-11-3-1-10(2-4-11)7-15-6-5-14-12(8-15)9-16/h1-4,12,14,16H,5-9,13H2. The van der Waals surface area contributed by atoms with Gasteiger partial charge in [0.05, 0.1) is 6.61 Å². The van der Waals surface area contributed by atoms with Gasteiger partial charge in [0, 0.05) is 37.9 Å². The quantitative estimate of drug-likeness (QED) is 0.630. The molecule has 0 aromatic heterocycles. The maximum absolute atomic E-state index is 9.11. The maximum Gasteiger partial charge on any atom is 0.0597 e. The lowest BCUT2D eigenvalue weighted by molar-refractivity contribution is 0.143. The summed E-state index contributed by atoms with van der Waals surface area (Å²) in [5.41, 5.74) is 7.72. The molecular weight excluding hydrogens is 202 g/mol. The molecule has 1 saturated heterocycles. The number of nitrogens with zero attached hydrogens (tertiary/aromatic N) is 1. The molecule has 1 aliphatic heterocycles. The summed E-state index contributed by atoms with van der Waals surface area (Å²) >= 11 is 0. The van der Waals surface area contributed by atoms with Crippen LogP contribution in [0.15, 0.2) is 24.3 Å². The van der Waals surface area contributed by atoms with E-state index < -0.39 is 0 Å². The van der Waals surface area contributed by atoms with Gasteiger partial charge in [0.15, 0.2) is 0 Å². The number of nitrogen functional groups attached to an aromatic ring is 1. The van der Waals surface area contributed by atoms with Gasteiger partial charge in [-0.15, -0.1) is 0 Å². The van der Waals surface area contributed by atoms with Crippen LogP contribution in [0, 0.1) is 0 Å². The smallest absolute Gasteiger partial charge is 0.0597 e. The molecule has 2 rings (SSSR count). The zero-order chi connectivity index (χ0) is 11.4. The number of piperazine rings is 1. The fraction of sp³-hybridized carbons (Fsp3) is 0.500. The summed E-state index contributed by atoms with van der Waals surface area (Å²) in [6.07, 6.45) is 0. The molecule has 1 aromatic carbocycles. The number of anilines is 1. The summed E-state index contributed by atoms with van der Waals surface area (Å²) in [6.45, 7) is 4.01. The summed E-state index contributed by atoms with van der Waals surface area (Å²) in [5.74, 6) is 0. The number of aliphatic hydroxyl groups is 1. The minimum Gasteiger partial charge on any atom is -0.399 e. The van der Waals surface area contributed by atoms with Crippen molar-refractivity contribution in [3.05, 3.63) is 29.8 Å². The fourth-order valence-electron chi connectivity index (χ4n) is 2.04. The van der Waals surface area contributed by atoms with Crippen LogP contribution in [0.4, 0.5) is 5.69 Å². The number of aliphatic hydroxyl groups excluding tert-OH is 1. The first-order valence-electron chi connectivity index (χ1n) is 5.69. The number of hydrogen-bond acceptors (Lipinski definition) is 4. The van der Waals surface area contributed by atoms with Gasteiger partial charge in [0.2, 0.25) is 0 Å². The molecule has 1 fully saturated rings. The van der Waals surface area contributed by atoms with Gasteiger partial charge < -0.3 is 16.2 Å². The predicted molar refractivity (Wildman–Crippen MR) is 65.0 cm³/mol. The molecule has 0 aliphatic carbocycles. The number of nitrogens with one attached hydrogen (secondary N) is 1. The summed E-state index contributed by atoms with van der Waals surface area (Å²) in [7, 11) is 0. The van der Waals surface area contributed by atoms with E-state index in [1.165, 1.54) is 5.56 Å². The predicted octanol–water partition coefficient (Wildman–Crippen LogP) is 0.0349. The van der Waals surface area contributed by atoms with Crippen molar-refractivity contribution in [2.24, 2.45) is 0 Å². The van der Waals surface area contributed by atoms with Gasteiger partial charge in [-0.1, -0.05) is 12.1 Å². The average molecular weight is 221 g/mol. The van der Waals surface area contributed by atoms with Crippen LogP contribution in [0.1, 0.15) is 5.56 Å². The Morgan fingerprint density at radius 2 is 2.12 bits per heavy atom. The van der Waals surface area contributed by atoms with E-state index in [1.54, 1.807) is 0 Å². The van der Waals surface area contributed by atoms with Crippen LogP contribution in [0.3, 0.4) is 0 Å². The molecule has 0 radical (unpaired) electrons. The highest BCUT2D eigenvalue weighted by Gasteiger charge is 2.18. The van der Waals surface area contributed by atoms with E-state index in [4.69, 9.17) is 10.8 Å². The molecule has 1 aliphatic rings. The minimum atomic E-state index is 0.207. The van der Waals surface area contributed by atoms with E-state index in [0.29, 0.717) is 0 Å². The van der Waals surface area contributed by atoms with Crippen molar-refractivity contribution in [1.29, 1.82) is 0 Å². The highest BCUT2D eigenvalue weighted by atomic mass is 16.3. The first-order chi connectivity index (χ1) is 7.78. The molecule has 1 atom stereocenters. The molecule has 4 nitrogen and oxygen atoms in total. The SMILES string of the molecule is Nc1ccc(CN2CCNC(CO)C2)cc1. The monoisotopic (exact) mass is 221 g/mol. The van der Waals surface area contributed by atoms with Crippen molar-refractivity contribution in [3.8, 4) is 0 Å². The molecule has 1 aromatic rings. The Kier molecular flexibility index (Phi) is 3.77. The van der Waals surface area contributed by atoms with Crippen LogP contribution >= 0.6 is 0 Å². The van der Waals surface area contributed by atoms with Crippen LogP contribution < -0.4 is 11.1 Å². The van der Waals surface area contributed by atoms with E-state index in [2.05, 4.69) is 22.3 Å². The minimum absolute atomic E-state index is 0.207. The molecule has 0 amide bonds. The highest BCUT2D eigenvalue weighted by molar-refractivity contribution is 5.39. The van der Waals surface area contributed by atoms with Crippen molar-refractivity contribution >= 4 is 5.69 Å². The maximum atomic E-state index is 9.11. The van der Waals surface area contributed by atoms with Gasteiger partial charge >= 0.3 is 0 Å². The Morgan fingerprint density at radius 3 is 2.81 bits per heavy atom. The van der Waals surface area contributed by atoms with Crippen LogP contribution in [-0.4, -0.2) is 42.3 Å². The van der Waals surface area contributed by atoms with E-state index >= 15 is 0 Å². The van der Waals surface area contributed by atoms with Crippen LogP contribution in [0.2, 0.25) is 0 Å². The van der Waals surface area contributed by atoms with Gasteiger partial charge in [0.1, 0.15) is 0 Å². The van der Waals surface area contributed by atoms with E-state index in [0.717, 1.165) is 31.9 Å². The van der Waals surface area contributed by atoms with Crippen LogP contribution in [-0.2, 0) is 6.54 Å². The number of hydrogen-bond donors (Lipinski definition) is 3. The summed E-state index contributed by atoms with van der Waals surface area (Å²) in [6, 6.07) is 8.20. The van der Waals surface area contributed by atoms with Crippen molar-refractivity contribution in [2.45, 2.75) is 12.6 Å². The average Bonchev–Trinajstić information content (AvgIpc) is 2.32. The summed E-state index contributed by atoms with van der Waals surface area (Å²) < 4.78 is 0. The number of rotatable bonds is 3. The second-order valence-electron chi connectivity index (χ2n) is 4.31. The number of benzene rings is 1. The summed E-state index contributed by atoms with van der Waals surface area (Å²) in [4.78, 5) is 2.35. The Hall–Kier alpha value is -1.10. The molecule has 4 N–H and O–H groups in total. The van der Waals surface area contributed by atoms with Gasteiger partial charge in [-0.3, -0.25) is 4.90 Å². The lowest BCUT2D eigenvalue weighted by Crippen LogP contribution is -2.51. The van der Waals surface area contributed by atoms with Gasteiger partial charge in [-0.25, -0.2) is 0 Å². The molecule has 0 saturated carbocycles. The second kappa shape index (κ2) is 5.30. The van der Waals surface area contributed by atoms with Gasteiger partial charge in [0.25, 0.3) is 0 Å². The Bertz CT molecular complexity index is 326. The van der Waals surface area contributed by atoms with E-state index in [1.807, 2.05) is 12.1 Å². The van der Waals surface area contributed by atoms with Gasteiger partial charge in [-0.05, 0) is 17.7 Å². The largest absolute Gasteiger partial charge is 0.399 e. The van der Waals surface area contributed by atoms with Crippen molar-refractivity contribution in [1.82, 2.24) is 10.2 Å². The Labute approximate surface area is 96.1 Å². The topological polar surface area (TPSA) is 61.5 Å². The van der Waals surface area contributed by atoms with Crippen LogP contribution in [0.25, 0.3) is 0 Å². The van der Waals surface area contributed by atoms with Crippen molar-refractivity contribution in [3.63, 3.8) is 0 Å². The zero-order valence-corrected chi connectivity index (χ0v) is 9.39. The lowest BCUT2D eigenvalue weighted by atomic mass is 10.1. The Morgan fingerprint density at radius 1 is 1.38 bits per heavy atom. The second-order valence-corrected chi connectivity index (χ2v) is 4.31. The normalized spacial score (nSPS) is 22.2. The fourth-order valence-corrected chi connectivity index (χ4v) is 2.04. The zero-order valence-electron chi connectivity index (χ0n) is 9.39. The molecule has 0 spiro atoms. The molecule has 4 heteroatoms. The molecular formula is C12H19N3O. The molecule has 88 valence electrons. The van der Waals surface area contributed by atoms with Crippen LogP contribution in [0.5, 0.6) is 0 Å². The first-order valence-corrected chi connectivity index (χ1v) is 5.69. The van der Waals surface area contributed by atoms with Crippen molar-refractivity contribution in [2.75, 3.05) is 32.0 Å². The van der Waals surface area contributed by atoms with Crippen molar-refractivity contribution < 1.29 is 5.11 Å². The van der Waals surface area contributed by atoms with Gasteiger partial charge in [-0.2, -0.15) is 0 Å². The number of nitrogens with two attached hydrogens (primary N) is 1. The third-order valence-electron chi connectivity index (χ3n) is 2.95. The van der Waals surface area contributed by atoms with E-state index in [-0.39, 0.29) is 12.6 Å². The lowest BCUT2D eigenvalue weighted by Gasteiger charge is -2.32. The molecule has 1 unspecified atom stereocenters.